The van der Waals surface area contributed by atoms with E-state index in [4.69, 9.17) is 0 Å². The van der Waals surface area contributed by atoms with Crippen molar-refractivity contribution in [3.05, 3.63) is 65.7 Å². The summed E-state index contributed by atoms with van der Waals surface area (Å²) in [5, 5.41) is 11.5. The fraction of sp³-hybridized carbons (Fsp3) is 0.217. The Hall–Kier alpha value is -3.21. The van der Waals surface area contributed by atoms with E-state index < -0.39 is 12.0 Å². The van der Waals surface area contributed by atoms with Gasteiger partial charge in [-0.3, -0.25) is 4.98 Å². The second kappa shape index (κ2) is 6.75. The van der Waals surface area contributed by atoms with E-state index in [1.165, 1.54) is 12.1 Å². The van der Waals surface area contributed by atoms with Gasteiger partial charge < -0.3 is 9.67 Å². The molecule has 0 aliphatic carbocycles. The summed E-state index contributed by atoms with van der Waals surface area (Å²) in [5.41, 5.74) is 5.30. The zero-order valence-electron chi connectivity index (χ0n) is 16.0. The number of hydrogen-bond acceptors (Lipinski definition) is 2. The first-order valence-electron chi connectivity index (χ1n) is 9.31. The van der Waals surface area contributed by atoms with Gasteiger partial charge in [0.15, 0.2) is 0 Å². The van der Waals surface area contributed by atoms with E-state index >= 15 is 0 Å². The summed E-state index contributed by atoms with van der Waals surface area (Å²) in [6.45, 7) is 5.81. The van der Waals surface area contributed by atoms with Gasteiger partial charge in [-0.2, -0.15) is 0 Å². The number of carboxylic acid groups (broad SMARTS) is 1. The number of benzene rings is 2. The van der Waals surface area contributed by atoms with E-state index in [0.717, 1.165) is 38.7 Å². The van der Waals surface area contributed by atoms with Gasteiger partial charge in [0.1, 0.15) is 11.9 Å². The number of hydrogen-bond donors (Lipinski definition) is 1. The highest BCUT2D eigenvalue weighted by Gasteiger charge is 2.25. The summed E-state index contributed by atoms with van der Waals surface area (Å²) in [6, 6.07) is 11.8. The van der Waals surface area contributed by atoms with Crippen molar-refractivity contribution in [3.8, 4) is 11.1 Å². The molecule has 4 rings (SSSR count). The molecule has 2 heterocycles. The smallest absolute Gasteiger partial charge is 0.326 e. The zero-order valence-corrected chi connectivity index (χ0v) is 16.0. The fourth-order valence-corrected chi connectivity index (χ4v) is 4.10. The fourth-order valence-electron chi connectivity index (χ4n) is 4.10. The van der Waals surface area contributed by atoms with Crippen LogP contribution in [0.3, 0.4) is 0 Å². The molecule has 0 aliphatic heterocycles. The molecule has 0 saturated heterocycles. The molecule has 0 spiro atoms. The lowest BCUT2D eigenvalue weighted by molar-refractivity contribution is -0.140. The molecule has 0 fully saturated rings. The maximum absolute atomic E-state index is 14.0. The summed E-state index contributed by atoms with van der Waals surface area (Å²) < 4.78 is 15.9. The second-order valence-corrected chi connectivity index (χ2v) is 7.13. The number of rotatable bonds is 4. The van der Waals surface area contributed by atoms with Crippen molar-refractivity contribution in [2.45, 2.75) is 33.2 Å². The standard InChI is InChI=1S/C23H21FN2O2/c1-4-20(23(27)28)26-14(3)22(18-11-13(2)5-8-21(18)26)16-9-10-25-19-7-6-15(24)12-17(16)19/h5-12,20H,4H2,1-3H3,(H,27,28). The molecule has 0 amide bonds. The van der Waals surface area contributed by atoms with Gasteiger partial charge in [0.05, 0.1) is 5.52 Å². The quantitative estimate of drug-likeness (QED) is 0.501. The summed E-state index contributed by atoms with van der Waals surface area (Å²) in [4.78, 5) is 16.3. The molecule has 28 heavy (non-hydrogen) atoms. The van der Waals surface area contributed by atoms with E-state index in [1.807, 2.05) is 43.5 Å². The van der Waals surface area contributed by atoms with Crippen LogP contribution in [-0.2, 0) is 4.79 Å². The Balaban J connectivity index is 2.14. The summed E-state index contributed by atoms with van der Waals surface area (Å²) in [6.07, 6.45) is 2.18. The van der Waals surface area contributed by atoms with Crippen molar-refractivity contribution in [1.82, 2.24) is 9.55 Å². The molecular weight excluding hydrogens is 355 g/mol. The Morgan fingerprint density at radius 2 is 1.93 bits per heavy atom. The van der Waals surface area contributed by atoms with Crippen LogP contribution in [-0.4, -0.2) is 20.6 Å². The minimum absolute atomic E-state index is 0.323. The van der Waals surface area contributed by atoms with Crippen LogP contribution in [0.5, 0.6) is 0 Å². The van der Waals surface area contributed by atoms with Crippen LogP contribution in [0.2, 0.25) is 0 Å². The molecule has 4 aromatic rings. The summed E-state index contributed by atoms with van der Waals surface area (Å²) in [7, 11) is 0. The van der Waals surface area contributed by atoms with Gasteiger partial charge in [-0.1, -0.05) is 18.6 Å². The highest BCUT2D eigenvalue weighted by molar-refractivity contribution is 6.06. The predicted molar refractivity (Wildman–Crippen MR) is 109 cm³/mol. The molecule has 2 aromatic heterocycles. The Morgan fingerprint density at radius 3 is 2.64 bits per heavy atom. The highest BCUT2D eigenvalue weighted by atomic mass is 19.1. The number of aliphatic carboxylic acids is 1. The number of carboxylic acids is 1. The Kier molecular flexibility index (Phi) is 4.38. The Morgan fingerprint density at radius 1 is 1.14 bits per heavy atom. The maximum atomic E-state index is 14.0. The lowest BCUT2D eigenvalue weighted by Crippen LogP contribution is -2.19. The Bertz CT molecular complexity index is 1230. The van der Waals surface area contributed by atoms with E-state index in [1.54, 1.807) is 12.3 Å². The number of aromatic nitrogens is 2. The minimum Gasteiger partial charge on any atom is -0.480 e. The minimum atomic E-state index is -0.861. The second-order valence-electron chi connectivity index (χ2n) is 7.13. The summed E-state index contributed by atoms with van der Waals surface area (Å²) in [5.74, 6) is -1.18. The molecular formula is C23H21FN2O2. The third kappa shape index (κ3) is 2.74. The van der Waals surface area contributed by atoms with Crippen molar-refractivity contribution in [2.75, 3.05) is 0 Å². The van der Waals surface area contributed by atoms with Crippen molar-refractivity contribution < 1.29 is 14.3 Å². The van der Waals surface area contributed by atoms with Crippen molar-refractivity contribution >= 4 is 27.8 Å². The number of aryl methyl sites for hydroxylation is 1. The van der Waals surface area contributed by atoms with Gasteiger partial charge in [-0.25, -0.2) is 9.18 Å². The Labute approximate surface area is 162 Å². The molecule has 1 atom stereocenters. The van der Waals surface area contributed by atoms with Gasteiger partial charge in [-0.15, -0.1) is 0 Å². The van der Waals surface area contributed by atoms with Crippen molar-refractivity contribution in [3.63, 3.8) is 0 Å². The molecule has 5 heteroatoms. The van der Waals surface area contributed by atoms with Gasteiger partial charge >= 0.3 is 5.97 Å². The number of fused-ring (bicyclic) bond motifs is 2. The predicted octanol–water partition coefficient (Wildman–Crippen LogP) is 5.65. The first-order valence-corrected chi connectivity index (χ1v) is 9.31. The molecule has 142 valence electrons. The number of nitrogens with zero attached hydrogens (tertiary/aromatic N) is 2. The normalized spacial score (nSPS) is 12.6. The average molecular weight is 376 g/mol. The van der Waals surface area contributed by atoms with Crippen LogP contribution in [0.4, 0.5) is 4.39 Å². The lowest BCUT2D eigenvalue weighted by atomic mass is 9.98. The first kappa shape index (κ1) is 18.2. The van der Waals surface area contributed by atoms with E-state index in [2.05, 4.69) is 11.1 Å². The summed E-state index contributed by atoms with van der Waals surface area (Å²) >= 11 is 0. The molecule has 0 saturated carbocycles. The molecule has 4 nitrogen and oxygen atoms in total. The third-order valence-electron chi connectivity index (χ3n) is 5.36. The molecule has 2 aromatic carbocycles. The largest absolute Gasteiger partial charge is 0.480 e. The van der Waals surface area contributed by atoms with Gasteiger partial charge in [0.2, 0.25) is 0 Å². The van der Waals surface area contributed by atoms with Crippen LogP contribution < -0.4 is 0 Å². The van der Waals surface area contributed by atoms with Crippen LogP contribution in [0, 0.1) is 19.7 Å². The molecule has 1 unspecified atom stereocenters. The van der Waals surface area contributed by atoms with Crippen LogP contribution >= 0.6 is 0 Å². The number of carbonyl (C=O) groups is 1. The molecule has 0 bridgehead atoms. The van der Waals surface area contributed by atoms with E-state index in [0.29, 0.717) is 11.9 Å². The zero-order chi connectivity index (χ0) is 20.0. The molecule has 0 radical (unpaired) electrons. The first-order chi connectivity index (χ1) is 13.4. The van der Waals surface area contributed by atoms with Gasteiger partial charge in [-0.05, 0) is 62.2 Å². The van der Waals surface area contributed by atoms with Crippen molar-refractivity contribution in [1.29, 1.82) is 0 Å². The highest BCUT2D eigenvalue weighted by Crippen LogP contribution is 2.40. The van der Waals surface area contributed by atoms with Crippen LogP contribution in [0.15, 0.2) is 48.7 Å². The molecule has 0 aliphatic rings. The van der Waals surface area contributed by atoms with E-state index in [9.17, 15) is 14.3 Å². The average Bonchev–Trinajstić information content (AvgIpc) is 2.93. The number of halogens is 1. The van der Waals surface area contributed by atoms with Crippen LogP contribution in [0.1, 0.15) is 30.6 Å². The number of pyridine rings is 1. The van der Waals surface area contributed by atoms with Crippen molar-refractivity contribution in [2.24, 2.45) is 0 Å². The lowest BCUT2D eigenvalue weighted by Gasteiger charge is -2.16. The third-order valence-corrected chi connectivity index (χ3v) is 5.36. The maximum Gasteiger partial charge on any atom is 0.326 e. The van der Waals surface area contributed by atoms with Gasteiger partial charge in [0.25, 0.3) is 0 Å². The van der Waals surface area contributed by atoms with Crippen LogP contribution in [0.25, 0.3) is 32.9 Å². The van der Waals surface area contributed by atoms with Gasteiger partial charge in [0, 0.05) is 33.7 Å². The SMILES string of the molecule is CCC(C(=O)O)n1c(C)c(-c2ccnc3ccc(F)cc23)c2cc(C)ccc21. The topological polar surface area (TPSA) is 55.1 Å². The monoisotopic (exact) mass is 376 g/mol. The van der Waals surface area contributed by atoms with E-state index in [-0.39, 0.29) is 5.82 Å². The molecule has 1 N–H and O–H groups in total.